The average molecular weight is 467 g/mol. The zero-order valence-corrected chi connectivity index (χ0v) is 18.9. The maximum absolute atomic E-state index is 12.3. The van der Waals surface area contributed by atoms with Crippen molar-refractivity contribution >= 4 is 29.7 Å². The molecule has 0 fully saturated rings. The van der Waals surface area contributed by atoms with Gasteiger partial charge in [0.05, 0.1) is 18.4 Å². The molecule has 0 aromatic heterocycles. The van der Waals surface area contributed by atoms with E-state index in [1.54, 1.807) is 73.7 Å². The van der Waals surface area contributed by atoms with E-state index in [1.165, 1.54) is 6.21 Å². The molecular weight excluding hydrogens is 444 g/mol. The number of hydrogen-bond acceptors (Lipinski definition) is 6. The summed E-state index contributed by atoms with van der Waals surface area (Å²) >= 11 is 5.92. The van der Waals surface area contributed by atoms with Gasteiger partial charge in [-0.1, -0.05) is 35.9 Å². The minimum Gasteiger partial charge on any atom is -0.490 e. The second-order valence-corrected chi connectivity index (χ2v) is 7.28. The van der Waals surface area contributed by atoms with Gasteiger partial charge in [-0.3, -0.25) is 4.79 Å². The molecule has 0 saturated heterocycles. The Bertz CT molecular complexity index is 1130. The molecule has 8 heteroatoms. The van der Waals surface area contributed by atoms with Crippen molar-refractivity contribution in [3.63, 3.8) is 0 Å². The van der Waals surface area contributed by atoms with Crippen LogP contribution in [0, 0.1) is 0 Å². The summed E-state index contributed by atoms with van der Waals surface area (Å²) in [6, 6.07) is 20.4. The molecule has 3 aromatic rings. The highest BCUT2D eigenvalue weighted by Gasteiger charge is 2.15. The largest absolute Gasteiger partial charge is 0.490 e. The first-order chi connectivity index (χ1) is 16.0. The molecule has 3 rings (SSSR count). The van der Waals surface area contributed by atoms with Gasteiger partial charge in [-0.15, -0.1) is 0 Å². The number of esters is 1. The number of rotatable bonds is 9. The van der Waals surface area contributed by atoms with Gasteiger partial charge in [0.1, 0.15) is 5.75 Å². The summed E-state index contributed by atoms with van der Waals surface area (Å²) < 4.78 is 16.6. The molecule has 170 valence electrons. The number of nitrogens with one attached hydrogen (secondary N) is 1. The number of hydrogen-bond donors (Lipinski definition) is 1. The molecule has 0 saturated carbocycles. The van der Waals surface area contributed by atoms with Crippen molar-refractivity contribution < 1.29 is 23.8 Å². The fourth-order valence-corrected chi connectivity index (χ4v) is 2.93. The fourth-order valence-electron chi connectivity index (χ4n) is 2.75. The number of halogens is 1. The van der Waals surface area contributed by atoms with Crippen LogP contribution in [0.15, 0.2) is 77.9 Å². The number of nitrogens with zero attached hydrogens (tertiary/aromatic N) is 1. The van der Waals surface area contributed by atoms with E-state index in [0.717, 1.165) is 0 Å². The molecule has 0 heterocycles. The van der Waals surface area contributed by atoms with E-state index in [4.69, 9.17) is 25.8 Å². The summed E-state index contributed by atoms with van der Waals surface area (Å²) in [6.45, 7) is 3.81. The molecule has 0 spiro atoms. The lowest BCUT2D eigenvalue weighted by Crippen LogP contribution is -2.33. The summed E-state index contributed by atoms with van der Waals surface area (Å²) in [5, 5.41) is 4.48. The number of ether oxygens (including phenoxy) is 3. The highest BCUT2D eigenvalue weighted by Crippen LogP contribution is 2.29. The molecule has 7 nitrogen and oxygen atoms in total. The van der Waals surface area contributed by atoms with Crippen LogP contribution in [0.5, 0.6) is 17.2 Å². The van der Waals surface area contributed by atoms with Crippen LogP contribution >= 0.6 is 11.6 Å². The predicted octanol–water partition coefficient (Wildman–Crippen LogP) is 4.88. The van der Waals surface area contributed by atoms with Crippen LogP contribution in [0.4, 0.5) is 0 Å². The maximum atomic E-state index is 12.3. The molecule has 1 N–H and O–H groups in total. The average Bonchev–Trinajstić information content (AvgIpc) is 2.81. The third kappa shape index (κ3) is 7.08. The van der Waals surface area contributed by atoms with Crippen molar-refractivity contribution in [1.82, 2.24) is 5.43 Å². The number of carbonyl (C=O) groups is 2. The van der Waals surface area contributed by atoms with Gasteiger partial charge >= 0.3 is 5.97 Å². The van der Waals surface area contributed by atoms with E-state index >= 15 is 0 Å². The van der Waals surface area contributed by atoms with Crippen molar-refractivity contribution in [2.75, 3.05) is 6.61 Å². The molecule has 0 aliphatic carbocycles. The second kappa shape index (κ2) is 11.7. The van der Waals surface area contributed by atoms with E-state index in [1.807, 2.05) is 13.0 Å². The highest BCUT2D eigenvalue weighted by atomic mass is 35.5. The van der Waals surface area contributed by atoms with Gasteiger partial charge in [-0.25, -0.2) is 10.2 Å². The molecule has 0 aliphatic heterocycles. The Morgan fingerprint density at radius 2 is 1.82 bits per heavy atom. The first-order valence-electron chi connectivity index (χ1n) is 10.3. The highest BCUT2D eigenvalue weighted by molar-refractivity contribution is 6.30. The normalized spacial score (nSPS) is 11.6. The van der Waals surface area contributed by atoms with Gasteiger partial charge in [-0.2, -0.15) is 5.10 Å². The molecule has 0 bridgehead atoms. The second-order valence-electron chi connectivity index (χ2n) is 6.85. The minimum atomic E-state index is -0.778. The minimum absolute atomic E-state index is 0.287. The zero-order valence-electron chi connectivity index (χ0n) is 18.2. The van der Waals surface area contributed by atoms with E-state index in [-0.39, 0.29) is 5.75 Å². The van der Waals surface area contributed by atoms with Crippen LogP contribution in [0.3, 0.4) is 0 Å². The molecule has 0 radical (unpaired) electrons. The molecule has 1 atom stereocenters. The number of benzene rings is 3. The van der Waals surface area contributed by atoms with Crippen LogP contribution in [0.1, 0.15) is 29.8 Å². The topological polar surface area (TPSA) is 86.2 Å². The van der Waals surface area contributed by atoms with Gasteiger partial charge in [0.15, 0.2) is 17.6 Å². The number of amides is 1. The van der Waals surface area contributed by atoms with Crippen LogP contribution in [0.2, 0.25) is 5.02 Å². The van der Waals surface area contributed by atoms with E-state index in [2.05, 4.69) is 10.5 Å². The summed E-state index contributed by atoms with van der Waals surface area (Å²) in [5.41, 5.74) is 3.51. The van der Waals surface area contributed by atoms with Gasteiger partial charge in [0, 0.05) is 5.02 Å². The Kier molecular flexibility index (Phi) is 8.43. The van der Waals surface area contributed by atoms with Crippen LogP contribution < -0.4 is 19.6 Å². The predicted molar refractivity (Wildman–Crippen MR) is 126 cm³/mol. The first kappa shape index (κ1) is 23.8. The van der Waals surface area contributed by atoms with Gasteiger partial charge in [0.2, 0.25) is 0 Å². The maximum Gasteiger partial charge on any atom is 0.343 e. The summed E-state index contributed by atoms with van der Waals surface area (Å²) in [6.07, 6.45) is 0.675. The van der Waals surface area contributed by atoms with Crippen molar-refractivity contribution in [2.45, 2.75) is 20.0 Å². The first-order valence-corrected chi connectivity index (χ1v) is 10.6. The molecule has 0 aliphatic rings. The number of carbonyl (C=O) groups excluding carboxylic acids is 2. The van der Waals surface area contributed by atoms with Crippen LogP contribution in [-0.2, 0) is 4.79 Å². The molecule has 1 amide bonds. The Balaban J connectivity index is 1.62. The Hall–Kier alpha value is -3.84. The molecule has 33 heavy (non-hydrogen) atoms. The van der Waals surface area contributed by atoms with E-state index in [9.17, 15) is 9.59 Å². The van der Waals surface area contributed by atoms with Crippen LogP contribution in [0.25, 0.3) is 0 Å². The summed E-state index contributed by atoms with van der Waals surface area (Å²) in [5.74, 6) is 0.241. The van der Waals surface area contributed by atoms with Crippen molar-refractivity contribution in [3.8, 4) is 17.2 Å². The van der Waals surface area contributed by atoms with E-state index in [0.29, 0.717) is 34.3 Å². The monoisotopic (exact) mass is 466 g/mol. The van der Waals surface area contributed by atoms with Crippen molar-refractivity contribution in [1.29, 1.82) is 0 Å². The van der Waals surface area contributed by atoms with Crippen molar-refractivity contribution in [3.05, 3.63) is 88.9 Å². The van der Waals surface area contributed by atoms with Gasteiger partial charge in [0.25, 0.3) is 5.91 Å². The quantitative estimate of drug-likeness (QED) is 0.210. The molecular formula is C25H23ClN2O5. The fraction of sp³-hybridized carbons (Fsp3) is 0.160. The lowest BCUT2D eigenvalue weighted by Gasteiger charge is -2.13. The third-order valence-corrected chi connectivity index (χ3v) is 4.58. The third-order valence-electron chi connectivity index (χ3n) is 4.35. The Labute approximate surface area is 196 Å². The lowest BCUT2D eigenvalue weighted by atomic mass is 10.2. The Morgan fingerprint density at radius 1 is 1.03 bits per heavy atom. The van der Waals surface area contributed by atoms with Crippen molar-refractivity contribution in [2.24, 2.45) is 5.10 Å². The summed E-state index contributed by atoms with van der Waals surface area (Å²) in [4.78, 5) is 24.6. The molecule has 1 unspecified atom stereocenters. The lowest BCUT2D eigenvalue weighted by molar-refractivity contribution is -0.127. The zero-order chi connectivity index (χ0) is 23.6. The number of hydrazone groups is 1. The SMILES string of the molecule is CCOc1cc(C=NNC(=O)C(C)Oc2cccc(Cl)c2)ccc1OC(=O)c1ccccc1. The molecule has 3 aromatic carbocycles. The standard InChI is InChI=1S/C25H23ClN2O5/c1-3-31-23-14-18(12-13-22(23)33-25(30)19-8-5-4-6-9-19)16-27-28-24(29)17(2)32-21-11-7-10-20(26)15-21/h4-17H,3H2,1-2H3,(H,28,29). The van der Waals surface area contributed by atoms with E-state index < -0.39 is 18.0 Å². The smallest absolute Gasteiger partial charge is 0.343 e. The summed E-state index contributed by atoms with van der Waals surface area (Å²) in [7, 11) is 0. The Morgan fingerprint density at radius 3 is 2.55 bits per heavy atom. The van der Waals surface area contributed by atoms with Gasteiger partial charge in [-0.05, 0) is 67.9 Å². The van der Waals surface area contributed by atoms with Gasteiger partial charge < -0.3 is 14.2 Å². The van der Waals surface area contributed by atoms with Crippen LogP contribution in [-0.4, -0.2) is 30.8 Å².